The number of Topliss-reactive ketones (excluding diaryl/α,β-unsaturated/α-hetero) is 1. The van der Waals surface area contributed by atoms with Crippen molar-refractivity contribution in [3.63, 3.8) is 0 Å². The summed E-state index contributed by atoms with van der Waals surface area (Å²) in [6.45, 7) is 4.00. The Balaban J connectivity index is 2.24. The molecule has 94 valence electrons. The molecule has 0 aliphatic rings. The van der Waals surface area contributed by atoms with E-state index in [4.69, 9.17) is 5.73 Å². The van der Waals surface area contributed by atoms with E-state index in [1.165, 1.54) is 10.9 Å². The number of hydrogen-bond acceptors (Lipinski definition) is 2. The topological polar surface area (TPSA) is 43.1 Å². The molecule has 0 radical (unpaired) electrons. The summed E-state index contributed by atoms with van der Waals surface area (Å²) in [5.41, 5.74) is 7.69. The molecule has 0 aliphatic carbocycles. The zero-order valence-corrected chi connectivity index (χ0v) is 10.9. The van der Waals surface area contributed by atoms with Gasteiger partial charge in [0.25, 0.3) is 0 Å². The molecule has 2 rings (SSSR count). The van der Waals surface area contributed by atoms with Crippen molar-refractivity contribution in [3.05, 3.63) is 47.5 Å². The summed E-state index contributed by atoms with van der Waals surface area (Å²) in [5.74, 6) is 0.176. The molecular formula is C16H19NO. The maximum Gasteiger partial charge on any atom is 0.162 e. The summed E-state index contributed by atoms with van der Waals surface area (Å²) in [6.07, 6.45) is 1.26. The van der Waals surface area contributed by atoms with Gasteiger partial charge < -0.3 is 5.73 Å². The third kappa shape index (κ3) is 2.96. The standard InChI is InChI=1S/C16H19NO/c1-11-3-5-14-10-15(7-6-13(14)9-11)16(18)8-4-12(2)17/h3,5-7,9-10,12H,4,8,17H2,1-2H3. The Kier molecular flexibility index (Phi) is 3.78. The van der Waals surface area contributed by atoms with Gasteiger partial charge in [0.2, 0.25) is 0 Å². The zero-order valence-electron chi connectivity index (χ0n) is 10.9. The molecule has 0 amide bonds. The normalized spacial score (nSPS) is 12.6. The Morgan fingerprint density at radius 3 is 2.56 bits per heavy atom. The van der Waals surface area contributed by atoms with E-state index in [0.29, 0.717) is 6.42 Å². The van der Waals surface area contributed by atoms with Gasteiger partial charge in [-0.25, -0.2) is 0 Å². The first kappa shape index (κ1) is 12.8. The molecule has 2 aromatic rings. The van der Waals surface area contributed by atoms with Crippen LogP contribution in [0.25, 0.3) is 10.8 Å². The van der Waals surface area contributed by atoms with Crippen LogP contribution in [0.15, 0.2) is 36.4 Å². The van der Waals surface area contributed by atoms with Gasteiger partial charge in [0.15, 0.2) is 5.78 Å². The van der Waals surface area contributed by atoms with E-state index in [1.54, 1.807) is 0 Å². The predicted octanol–water partition coefficient (Wildman–Crippen LogP) is 3.46. The maximum atomic E-state index is 12.0. The van der Waals surface area contributed by atoms with Gasteiger partial charge >= 0.3 is 0 Å². The van der Waals surface area contributed by atoms with Crippen LogP contribution in [0.2, 0.25) is 0 Å². The van der Waals surface area contributed by atoms with E-state index in [-0.39, 0.29) is 11.8 Å². The molecule has 1 atom stereocenters. The average Bonchev–Trinajstić information content (AvgIpc) is 2.35. The highest BCUT2D eigenvalue weighted by Crippen LogP contribution is 2.19. The maximum absolute atomic E-state index is 12.0. The molecule has 2 aromatic carbocycles. The Hall–Kier alpha value is -1.67. The number of benzene rings is 2. The van der Waals surface area contributed by atoms with Crippen molar-refractivity contribution < 1.29 is 4.79 Å². The SMILES string of the molecule is Cc1ccc2cc(C(=O)CCC(C)N)ccc2c1. The van der Waals surface area contributed by atoms with Crippen LogP contribution < -0.4 is 5.73 Å². The molecule has 0 saturated carbocycles. The van der Waals surface area contributed by atoms with Crippen LogP contribution in [0, 0.1) is 6.92 Å². The first-order chi connectivity index (χ1) is 8.56. The average molecular weight is 241 g/mol. The highest BCUT2D eigenvalue weighted by Gasteiger charge is 2.07. The third-order valence-corrected chi connectivity index (χ3v) is 3.14. The molecule has 0 heterocycles. The Bertz CT molecular complexity index is 572. The fraction of sp³-hybridized carbons (Fsp3) is 0.312. The van der Waals surface area contributed by atoms with Gasteiger partial charge in [-0.05, 0) is 37.1 Å². The number of ketones is 1. The lowest BCUT2D eigenvalue weighted by molar-refractivity contribution is 0.0978. The molecular weight excluding hydrogens is 222 g/mol. The summed E-state index contributed by atoms with van der Waals surface area (Å²) in [4.78, 5) is 12.0. The van der Waals surface area contributed by atoms with Gasteiger partial charge in [0.05, 0.1) is 0 Å². The fourth-order valence-corrected chi connectivity index (χ4v) is 2.04. The molecule has 2 nitrogen and oxygen atoms in total. The lowest BCUT2D eigenvalue weighted by atomic mass is 10.00. The van der Waals surface area contributed by atoms with Crippen LogP contribution in [0.3, 0.4) is 0 Å². The van der Waals surface area contributed by atoms with E-state index in [0.717, 1.165) is 17.4 Å². The van der Waals surface area contributed by atoms with Crippen molar-refractivity contribution >= 4 is 16.6 Å². The lowest BCUT2D eigenvalue weighted by Gasteiger charge is -2.06. The number of aryl methyl sites for hydroxylation is 1. The Morgan fingerprint density at radius 1 is 1.17 bits per heavy atom. The molecule has 2 heteroatoms. The highest BCUT2D eigenvalue weighted by molar-refractivity contribution is 6.00. The second kappa shape index (κ2) is 5.32. The van der Waals surface area contributed by atoms with Crippen molar-refractivity contribution in [3.8, 4) is 0 Å². The first-order valence-corrected chi connectivity index (χ1v) is 6.35. The summed E-state index contributed by atoms with van der Waals surface area (Å²) in [6, 6.07) is 12.2. The molecule has 0 saturated heterocycles. The predicted molar refractivity (Wildman–Crippen MR) is 75.9 cm³/mol. The van der Waals surface area contributed by atoms with Crippen molar-refractivity contribution in [2.45, 2.75) is 32.7 Å². The quantitative estimate of drug-likeness (QED) is 0.833. The second-order valence-electron chi connectivity index (χ2n) is 5.00. The minimum absolute atomic E-state index is 0.0806. The van der Waals surface area contributed by atoms with E-state index in [9.17, 15) is 4.79 Å². The van der Waals surface area contributed by atoms with Gasteiger partial charge in [-0.2, -0.15) is 0 Å². The van der Waals surface area contributed by atoms with Crippen LogP contribution in [-0.2, 0) is 0 Å². The molecule has 0 aromatic heterocycles. The molecule has 0 bridgehead atoms. The third-order valence-electron chi connectivity index (χ3n) is 3.14. The zero-order chi connectivity index (χ0) is 13.1. The Labute approximate surface area is 108 Å². The van der Waals surface area contributed by atoms with Crippen LogP contribution in [0.5, 0.6) is 0 Å². The lowest BCUT2D eigenvalue weighted by Crippen LogP contribution is -2.16. The number of nitrogens with two attached hydrogens (primary N) is 1. The molecule has 0 spiro atoms. The number of hydrogen-bond donors (Lipinski definition) is 1. The van der Waals surface area contributed by atoms with E-state index in [1.807, 2.05) is 25.1 Å². The van der Waals surface area contributed by atoms with E-state index >= 15 is 0 Å². The molecule has 0 aliphatic heterocycles. The minimum Gasteiger partial charge on any atom is -0.328 e. The van der Waals surface area contributed by atoms with Gasteiger partial charge in [-0.3, -0.25) is 4.79 Å². The van der Waals surface area contributed by atoms with Gasteiger partial charge in [0, 0.05) is 18.0 Å². The van der Waals surface area contributed by atoms with Gasteiger partial charge in [-0.1, -0.05) is 35.9 Å². The largest absolute Gasteiger partial charge is 0.328 e. The van der Waals surface area contributed by atoms with Crippen LogP contribution in [0.1, 0.15) is 35.7 Å². The minimum atomic E-state index is 0.0806. The molecule has 2 N–H and O–H groups in total. The summed E-state index contributed by atoms with van der Waals surface area (Å²) in [7, 11) is 0. The van der Waals surface area contributed by atoms with Crippen molar-refractivity contribution in [1.29, 1.82) is 0 Å². The number of fused-ring (bicyclic) bond motifs is 1. The van der Waals surface area contributed by atoms with Crippen molar-refractivity contribution in [2.24, 2.45) is 5.73 Å². The number of carbonyl (C=O) groups excluding carboxylic acids is 1. The van der Waals surface area contributed by atoms with E-state index < -0.39 is 0 Å². The first-order valence-electron chi connectivity index (χ1n) is 6.35. The van der Waals surface area contributed by atoms with Crippen LogP contribution in [0.4, 0.5) is 0 Å². The molecule has 0 fully saturated rings. The van der Waals surface area contributed by atoms with Crippen LogP contribution in [-0.4, -0.2) is 11.8 Å². The second-order valence-corrected chi connectivity index (χ2v) is 5.00. The summed E-state index contributed by atoms with van der Waals surface area (Å²) >= 11 is 0. The molecule has 1 unspecified atom stereocenters. The van der Waals surface area contributed by atoms with E-state index in [2.05, 4.69) is 25.1 Å². The molecule has 18 heavy (non-hydrogen) atoms. The van der Waals surface area contributed by atoms with Crippen molar-refractivity contribution in [2.75, 3.05) is 0 Å². The number of rotatable bonds is 4. The van der Waals surface area contributed by atoms with Crippen molar-refractivity contribution in [1.82, 2.24) is 0 Å². The smallest absolute Gasteiger partial charge is 0.162 e. The van der Waals surface area contributed by atoms with Crippen LogP contribution >= 0.6 is 0 Å². The summed E-state index contributed by atoms with van der Waals surface area (Å²) in [5, 5.41) is 2.30. The Morgan fingerprint density at radius 2 is 1.83 bits per heavy atom. The fourth-order valence-electron chi connectivity index (χ4n) is 2.04. The van der Waals surface area contributed by atoms with Gasteiger partial charge in [0.1, 0.15) is 0 Å². The monoisotopic (exact) mass is 241 g/mol. The number of carbonyl (C=O) groups is 1. The van der Waals surface area contributed by atoms with Gasteiger partial charge in [-0.15, -0.1) is 0 Å². The highest BCUT2D eigenvalue weighted by atomic mass is 16.1. The summed E-state index contributed by atoms with van der Waals surface area (Å²) < 4.78 is 0.